The van der Waals surface area contributed by atoms with Crippen molar-refractivity contribution in [3.8, 4) is 5.75 Å². The van der Waals surface area contributed by atoms with Gasteiger partial charge in [-0.1, -0.05) is 6.07 Å². The molecule has 0 aliphatic carbocycles. The number of nitrogens with two attached hydrogens (primary N) is 1. The molecular weight excluding hydrogens is 240 g/mol. The molecule has 106 valence electrons. The molecule has 0 radical (unpaired) electrons. The molecule has 1 fully saturated rings. The Morgan fingerprint density at radius 1 is 1.26 bits per heavy atom. The second kappa shape index (κ2) is 5.70. The van der Waals surface area contributed by atoms with Gasteiger partial charge in [0.1, 0.15) is 5.75 Å². The molecular formula is C15H24N2O2. The first-order valence-electron chi connectivity index (χ1n) is 6.93. The number of morpholine rings is 1. The van der Waals surface area contributed by atoms with Gasteiger partial charge in [-0.05, 0) is 39.8 Å². The van der Waals surface area contributed by atoms with Crippen LogP contribution in [0.4, 0.5) is 11.4 Å². The van der Waals surface area contributed by atoms with Crippen molar-refractivity contribution in [2.45, 2.75) is 46.0 Å². The fourth-order valence-electron chi connectivity index (χ4n) is 2.54. The molecule has 0 aromatic heterocycles. The van der Waals surface area contributed by atoms with Crippen LogP contribution in [-0.2, 0) is 4.74 Å². The van der Waals surface area contributed by atoms with E-state index in [1.54, 1.807) is 0 Å². The van der Waals surface area contributed by atoms with Crippen molar-refractivity contribution in [2.75, 3.05) is 23.7 Å². The summed E-state index contributed by atoms with van der Waals surface area (Å²) in [6.07, 6.45) is 0.565. The zero-order chi connectivity index (χ0) is 14.0. The lowest BCUT2D eigenvalue weighted by molar-refractivity contribution is -0.00518. The number of hydrogen-bond acceptors (Lipinski definition) is 4. The van der Waals surface area contributed by atoms with Gasteiger partial charge >= 0.3 is 0 Å². The Balaban J connectivity index is 2.24. The molecule has 0 bridgehead atoms. The van der Waals surface area contributed by atoms with E-state index in [4.69, 9.17) is 15.2 Å². The number of para-hydroxylation sites is 1. The Kier molecular flexibility index (Phi) is 4.20. The number of rotatable bonds is 3. The standard InChI is InChI=1S/C15H24N2O2/c1-10(2)18-14-7-5-6-13(15(14)16)17-8-11(3)19-12(4)9-17/h5-7,10-12H,8-9,16H2,1-4H3/t11-,12+. The second-order valence-electron chi connectivity index (χ2n) is 5.52. The first-order chi connectivity index (χ1) is 8.97. The van der Waals surface area contributed by atoms with Crippen molar-refractivity contribution in [1.29, 1.82) is 0 Å². The first kappa shape index (κ1) is 14.0. The first-order valence-corrected chi connectivity index (χ1v) is 6.93. The number of nitrogens with zero attached hydrogens (tertiary/aromatic N) is 1. The summed E-state index contributed by atoms with van der Waals surface area (Å²) in [5, 5.41) is 0. The highest BCUT2D eigenvalue weighted by atomic mass is 16.5. The van der Waals surface area contributed by atoms with E-state index in [-0.39, 0.29) is 18.3 Å². The minimum absolute atomic E-state index is 0.125. The van der Waals surface area contributed by atoms with Crippen LogP contribution in [0, 0.1) is 0 Å². The van der Waals surface area contributed by atoms with Crippen molar-refractivity contribution < 1.29 is 9.47 Å². The highest BCUT2D eigenvalue weighted by molar-refractivity contribution is 5.74. The molecule has 0 saturated carbocycles. The summed E-state index contributed by atoms with van der Waals surface area (Å²) in [7, 11) is 0. The number of benzene rings is 1. The molecule has 1 aliphatic rings. The van der Waals surface area contributed by atoms with Crippen LogP contribution < -0.4 is 15.4 Å². The molecule has 1 aromatic carbocycles. The maximum absolute atomic E-state index is 6.25. The summed E-state index contributed by atoms with van der Waals surface area (Å²) < 4.78 is 11.5. The van der Waals surface area contributed by atoms with E-state index < -0.39 is 0 Å². The molecule has 1 heterocycles. The highest BCUT2D eigenvalue weighted by Gasteiger charge is 2.24. The van der Waals surface area contributed by atoms with Gasteiger partial charge in [0.2, 0.25) is 0 Å². The zero-order valence-electron chi connectivity index (χ0n) is 12.2. The monoisotopic (exact) mass is 264 g/mol. The van der Waals surface area contributed by atoms with Gasteiger partial charge in [0.05, 0.1) is 29.7 Å². The van der Waals surface area contributed by atoms with E-state index >= 15 is 0 Å². The predicted molar refractivity (Wildman–Crippen MR) is 78.8 cm³/mol. The van der Waals surface area contributed by atoms with Crippen LogP contribution in [0.15, 0.2) is 18.2 Å². The third-order valence-electron chi connectivity index (χ3n) is 3.17. The zero-order valence-corrected chi connectivity index (χ0v) is 12.2. The number of nitrogen functional groups attached to an aromatic ring is 1. The summed E-state index contributed by atoms with van der Waals surface area (Å²) in [4.78, 5) is 2.28. The van der Waals surface area contributed by atoms with Crippen LogP contribution in [0.25, 0.3) is 0 Å². The lowest BCUT2D eigenvalue weighted by Gasteiger charge is -2.37. The molecule has 1 aliphatic heterocycles. The second-order valence-corrected chi connectivity index (χ2v) is 5.52. The average molecular weight is 264 g/mol. The van der Waals surface area contributed by atoms with Crippen LogP contribution in [0.5, 0.6) is 5.75 Å². The summed E-state index contributed by atoms with van der Waals surface area (Å²) in [5.41, 5.74) is 8.01. The molecule has 0 spiro atoms. The van der Waals surface area contributed by atoms with Gasteiger partial charge in [0, 0.05) is 13.1 Å². The highest BCUT2D eigenvalue weighted by Crippen LogP contribution is 2.34. The van der Waals surface area contributed by atoms with Crippen molar-refractivity contribution >= 4 is 11.4 Å². The SMILES string of the molecule is CC(C)Oc1cccc(N2C[C@@H](C)O[C@@H](C)C2)c1N. The normalized spacial score (nSPS) is 23.7. The van der Waals surface area contributed by atoms with E-state index in [1.165, 1.54) is 0 Å². The molecule has 4 nitrogen and oxygen atoms in total. The summed E-state index contributed by atoms with van der Waals surface area (Å²) in [6, 6.07) is 5.97. The Morgan fingerprint density at radius 2 is 1.89 bits per heavy atom. The molecule has 19 heavy (non-hydrogen) atoms. The summed E-state index contributed by atoms with van der Waals surface area (Å²) in [6.45, 7) is 9.91. The maximum Gasteiger partial charge on any atom is 0.144 e. The largest absolute Gasteiger partial charge is 0.489 e. The van der Waals surface area contributed by atoms with Crippen molar-refractivity contribution in [2.24, 2.45) is 0 Å². The lowest BCUT2D eigenvalue weighted by atomic mass is 10.1. The molecule has 0 unspecified atom stereocenters. The van der Waals surface area contributed by atoms with Crippen LogP contribution in [0.2, 0.25) is 0 Å². The molecule has 0 amide bonds. The number of anilines is 2. The van der Waals surface area contributed by atoms with Gasteiger partial charge in [-0.25, -0.2) is 0 Å². The Hall–Kier alpha value is -1.42. The van der Waals surface area contributed by atoms with Crippen LogP contribution in [0.3, 0.4) is 0 Å². The van der Waals surface area contributed by atoms with Gasteiger partial charge in [0.25, 0.3) is 0 Å². The lowest BCUT2D eigenvalue weighted by Crippen LogP contribution is -2.45. The number of ether oxygens (including phenoxy) is 2. The van der Waals surface area contributed by atoms with E-state index in [1.807, 2.05) is 32.0 Å². The van der Waals surface area contributed by atoms with E-state index in [2.05, 4.69) is 18.7 Å². The van der Waals surface area contributed by atoms with Crippen molar-refractivity contribution in [3.05, 3.63) is 18.2 Å². The van der Waals surface area contributed by atoms with Gasteiger partial charge < -0.3 is 20.1 Å². The van der Waals surface area contributed by atoms with Gasteiger partial charge in [-0.2, -0.15) is 0 Å². The van der Waals surface area contributed by atoms with Crippen LogP contribution >= 0.6 is 0 Å². The predicted octanol–water partition coefficient (Wildman–Crippen LogP) is 2.67. The van der Waals surface area contributed by atoms with E-state index in [9.17, 15) is 0 Å². The molecule has 2 N–H and O–H groups in total. The molecule has 4 heteroatoms. The molecule has 1 aromatic rings. The molecule has 1 saturated heterocycles. The average Bonchev–Trinajstić information content (AvgIpc) is 2.30. The van der Waals surface area contributed by atoms with Crippen molar-refractivity contribution in [3.63, 3.8) is 0 Å². The third-order valence-corrected chi connectivity index (χ3v) is 3.17. The quantitative estimate of drug-likeness (QED) is 0.853. The summed E-state index contributed by atoms with van der Waals surface area (Å²) >= 11 is 0. The molecule has 2 rings (SSSR count). The van der Waals surface area contributed by atoms with Gasteiger partial charge in [0.15, 0.2) is 0 Å². The van der Waals surface area contributed by atoms with Crippen molar-refractivity contribution in [1.82, 2.24) is 0 Å². The third kappa shape index (κ3) is 3.32. The minimum Gasteiger partial charge on any atom is -0.489 e. The maximum atomic E-state index is 6.25. The van der Waals surface area contributed by atoms with Crippen LogP contribution in [-0.4, -0.2) is 31.4 Å². The topological polar surface area (TPSA) is 47.7 Å². The Morgan fingerprint density at radius 3 is 2.47 bits per heavy atom. The smallest absolute Gasteiger partial charge is 0.144 e. The summed E-state index contributed by atoms with van der Waals surface area (Å²) in [5.74, 6) is 0.763. The number of hydrogen-bond donors (Lipinski definition) is 1. The van der Waals surface area contributed by atoms with Gasteiger partial charge in [-0.3, -0.25) is 0 Å². The minimum atomic E-state index is 0.125. The fourth-order valence-corrected chi connectivity index (χ4v) is 2.54. The van der Waals surface area contributed by atoms with E-state index in [0.717, 1.165) is 30.2 Å². The fraction of sp³-hybridized carbons (Fsp3) is 0.600. The van der Waals surface area contributed by atoms with Gasteiger partial charge in [-0.15, -0.1) is 0 Å². The van der Waals surface area contributed by atoms with Crippen LogP contribution in [0.1, 0.15) is 27.7 Å². The molecule has 2 atom stereocenters. The Bertz CT molecular complexity index is 424. The van der Waals surface area contributed by atoms with E-state index in [0.29, 0.717) is 0 Å². The Labute approximate surface area is 115 Å².